The van der Waals surface area contributed by atoms with Gasteiger partial charge < -0.3 is 10.2 Å². The Morgan fingerprint density at radius 1 is 1.39 bits per heavy atom. The van der Waals surface area contributed by atoms with Crippen molar-refractivity contribution < 1.29 is 9.18 Å². The van der Waals surface area contributed by atoms with Crippen molar-refractivity contribution >= 4 is 39.1 Å². The Labute approximate surface area is 135 Å². The topological polar surface area (TPSA) is 71.0 Å². The highest BCUT2D eigenvalue weighted by Crippen LogP contribution is 2.37. The molecule has 3 aromatic rings. The van der Waals surface area contributed by atoms with E-state index in [9.17, 15) is 9.18 Å². The van der Waals surface area contributed by atoms with Gasteiger partial charge in [-0.3, -0.25) is 4.79 Å². The van der Waals surface area contributed by atoms with Gasteiger partial charge in [-0.25, -0.2) is 19.3 Å². The molecule has 4 rings (SSSR count). The molecule has 0 atom stereocenters. The molecule has 0 bridgehead atoms. The molecule has 8 heteroatoms. The lowest BCUT2D eigenvalue weighted by molar-refractivity contribution is 0.0963. The van der Waals surface area contributed by atoms with Crippen LogP contribution in [0.5, 0.6) is 0 Å². The first-order chi connectivity index (χ1) is 11.2. The van der Waals surface area contributed by atoms with Crippen LogP contribution in [-0.2, 0) is 6.42 Å². The maximum Gasteiger partial charge on any atom is 0.280 e. The van der Waals surface area contributed by atoms with E-state index in [0.29, 0.717) is 27.7 Å². The van der Waals surface area contributed by atoms with Crippen LogP contribution >= 0.6 is 11.3 Å². The summed E-state index contributed by atoms with van der Waals surface area (Å²) in [6.07, 6.45) is 2.20. The Kier molecular flexibility index (Phi) is 3.19. The number of carbonyl (C=O) groups excluding carboxylic acids is 1. The highest BCUT2D eigenvalue weighted by molar-refractivity contribution is 7.19. The van der Waals surface area contributed by atoms with Crippen molar-refractivity contribution in [3.05, 3.63) is 40.9 Å². The molecule has 1 aromatic carbocycles. The zero-order chi connectivity index (χ0) is 16.0. The van der Waals surface area contributed by atoms with Gasteiger partial charge in [-0.2, -0.15) is 0 Å². The molecule has 3 heterocycles. The van der Waals surface area contributed by atoms with E-state index in [2.05, 4.69) is 20.3 Å². The third-order valence-electron chi connectivity index (χ3n) is 3.79. The summed E-state index contributed by atoms with van der Waals surface area (Å²) < 4.78 is 13.4. The number of amides is 1. The van der Waals surface area contributed by atoms with Gasteiger partial charge in [0.1, 0.15) is 22.5 Å². The van der Waals surface area contributed by atoms with Crippen LogP contribution in [0.1, 0.15) is 15.4 Å². The van der Waals surface area contributed by atoms with E-state index in [1.54, 1.807) is 19.2 Å². The average Bonchev–Trinajstić information content (AvgIpc) is 3.17. The molecule has 6 nitrogen and oxygen atoms in total. The maximum atomic E-state index is 13.4. The molecule has 1 amide bonds. The summed E-state index contributed by atoms with van der Waals surface area (Å²) in [5.74, 6) is 0.156. The van der Waals surface area contributed by atoms with Crippen molar-refractivity contribution in [3.63, 3.8) is 0 Å². The molecule has 0 unspecified atom stereocenters. The monoisotopic (exact) mass is 329 g/mol. The van der Waals surface area contributed by atoms with Crippen LogP contribution in [0.25, 0.3) is 10.3 Å². The zero-order valence-corrected chi connectivity index (χ0v) is 13.0. The molecule has 2 aromatic heterocycles. The van der Waals surface area contributed by atoms with Gasteiger partial charge in [-0.05, 0) is 30.2 Å². The molecular formula is C15H12FN5OS. The van der Waals surface area contributed by atoms with Crippen LogP contribution in [-0.4, -0.2) is 34.5 Å². The first-order valence-electron chi connectivity index (χ1n) is 7.07. The van der Waals surface area contributed by atoms with Crippen molar-refractivity contribution in [2.75, 3.05) is 18.5 Å². The minimum absolute atomic E-state index is 0.242. The van der Waals surface area contributed by atoms with Gasteiger partial charge in [0.25, 0.3) is 5.91 Å². The molecule has 116 valence electrons. The SMILES string of the molecule is CNC(=O)c1nc2c(N3CCc4cc(F)ccc43)ncnc2s1. The lowest BCUT2D eigenvalue weighted by atomic mass is 10.2. The number of thiazole rings is 1. The summed E-state index contributed by atoms with van der Waals surface area (Å²) in [5.41, 5.74) is 2.45. The van der Waals surface area contributed by atoms with Crippen LogP contribution in [0.3, 0.4) is 0 Å². The van der Waals surface area contributed by atoms with Crippen molar-refractivity contribution in [2.24, 2.45) is 0 Å². The smallest absolute Gasteiger partial charge is 0.280 e. The highest BCUT2D eigenvalue weighted by Gasteiger charge is 2.25. The number of hydrogen-bond acceptors (Lipinski definition) is 6. The summed E-state index contributed by atoms with van der Waals surface area (Å²) in [5, 5.41) is 2.91. The molecular weight excluding hydrogens is 317 g/mol. The second-order valence-corrected chi connectivity index (χ2v) is 6.10. The van der Waals surface area contributed by atoms with Crippen molar-refractivity contribution in [1.82, 2.24) is 20.3 Å². The standard InChI is InChI=1S/C15H12FN5OS/c1-17-13(22)15-20-11-12(18-7-19-14(11)23-15)21-5-4-8-6-9(16)2-3-10(8)21/h2-3,6-7H,4-5H2,1H3,(H,17,22). The number of nitrogens with one attached hydrogen (secondary N) is 1. The number of hydrogen-bond donors (Lipinski definition) is 1. The molecule has 0 radical (unpaired) electrons. The second-order valence-electron chi connectivity index (χ2n) is 5.12. The van der Waals surface area contributed by atoms with Crippen LogP contribution in [0.2, 0.25) is 0 Å². The number of halogens is 1. The number of aromatic nitrogens is 3. The molecule has 1 aliphatic rings. The molecule has 0 spiro atoms. The Balaban J connectivity index is 1.84. The van der Waals surface area contributed by atoms with E-state index in [1.807, 2.05) is 4.90 Å². The van der Waals surface area contributed by atoms with Gasteiger partial charge in [0.05, 0.1) is 0 Å². The normalized spacial score (nSPS) is 13.4. The van der Waals surface area contributed by atoms with Crippen molar-refractivity contribution in [3.8, 4) is 0 Å². The molecule has 23 heavy (non-hydrogen) atoms. The first kappa shape index (κ1) is 14.0. The van der Waals surface area contributed by atoms with Crippen LogP contribution in [0.15, 0.2) is 24.5 Å². The Morgan fingerprint density at radius 3 is 3.09 bits per heavy atom. The Bertz CT molecular complexity index is 925. The fraction of sp³-hybridized carbons (Fsp3) is 0.200. The maximum absolute atomic E-state index is 13.4. The predicted octanol–water partition coefficient (Wildman–Crippen LogP) is 2.28. The third-order valence-corrected chi connectivity index (χ3v) is 4.75. The molecule has 1 N–H and O–H groups in total. The van der Waals surface area contributed by atoms with Gasteiger partial charge >= 0.3 is 0 Å². The van der Waals surface area contributed by atoms with Crippen LogP contribution in [0, 0.1) is 5.82 Å². The Hall–Kier alpha value is -2.61. The van der Waals surface area contributed by atoms with E-state index in [-0.39, 0.29) is 11.7 Å². The van der Waals surface area contributed by atoms with Crippen LogP contribution < -0.4 is 10.2 Å². The lowest BCUT2D eigenvalue weighted by Crippen LogP contribution is -2.17. The minimum atomic E-state index is -0.247. The van der Waals surface area contributed by atoms with E-state index in [1.165, 1.54) is 23.7 Å². The third kappa shape index (κ3) is 2.22. The fourth-order valence-corrected chi connectivity index (χ4v) is 3.58. The van der Waals surface area contributed by atoms with Gasteiger partial charge in [-0.1, -0.05) is 11.3 Å². The van der Waals surface area contributed by atoms with Crippen molar-refractivity contribution in [2.45, 2.75) is 6.42 Å². The van der Waals surface area contributed by atoms with E-state index >= 15 is 0 Å². The summed E-state index contributed by atoms with van der Waals surface area (Å²) in [6.45, 7) is 0.692. The van der Waals surface area contributed by atoms with E-state index < -0.39 is 0 Å². The Morgan fingerprint density at radius 2 is 2.26 bits per heavy atom. The number of carbonyl (C=O) groups is 1. The molecule has 1 aliphatic heterocycles. The van der Waals surface area contributed by atoms with Gasteiger partial charge in [0, 0.05) is 19.3 Å². The quantitative estimate of drug-likeness (QED) is 0.781. The van der Waals surface area contributed by atoms with Crippen LogP contribution in [0.4, 0.5) is 15.9 Å². The molecule has 0 aliphatic carbocycles. The average molecular weight is 329 g/mol. The summed E-state index contributed by atoms with van der Waals surface area (Å²) >= 11 is 1.23. The summed E-state index contributed by atoms with van der Waals surface area (Å²) in [4.78, 5) is 27.4. The first-order valence-corrected chi connectivity index (χ1v) is 7.88. The predicted molar refractivity (Wildman–Crippen MR) is 85.7 cm³/mol. The number of nitrogens with zero attached hydrogens (tertiary/aromatic N) is 4. The van der Waals surface area contributed by atoms with Gasteiger partial charge in [0.15, 0.2) is 10.8 Å². The fourth-order valence-electron chi connectivity index (χ4n) is 2.73. The van der Waals surface area contributed by atoms with E-state index in [4.69, 9.17) is 0 Å². The van der Waals surface area contributed by atoms with Crippen molar-refractivity contribution in [1.29, 1.82) is 0 Å². The highest BCUT2D eigenvalue weighted by atomic mass is 32.1. The molecule has 0 fully saturated rings. The number of fused-ring (bicyclic) bond motifs is 2. The largest absolute Gasteiger partial charge is 0.353 e. The van der Waals surface area contributed by atoms with Gasteiger partial charge in [-0.15, -0.1) is 0 Å². The summed E-state index contributed by atoms with van der Waals surface area (Å²) in [6, 6.07) is 4.73. The lowest BCUT2D eigenvalue weighted by Gasteiger charge is -2.18. The molecule has 0 saturated carbocycles. The minimum Gasteiger partial charge on any atom is -0.353 e. The van der Waals surface area contributed by atoms with Gasteiger partial charge in [0.2, 0.25) is 0 Å². The summed E-state index contributed by atoms with van der Waals surface area (Å²) in [7, 11) is 1.56. The van der Waals surface area contributed by atoms with E-state index in [0.717, 1.165) is 17.7 Å². The number of benzene rings is 1. The second kappa shape index (κ2) is 5.24. The number of anilines is 2. The molecule has 0 saturated heterocycles. The number of rotatable bonds is 2. The zero-order valence-electron chi connectivity index (χ0n) is 12.2.